The summed E-state index contributed by atoms with van der Waals surface area (Å²) in [6.45, 7) is 2.34. The maximum atomic E-state index is 14.2. The van der Waals surface area contributed by atoms with Gasteiger partial charge in [-0.15, -0.1) is 0 Å². The van der Waals surface area contributed by atoms with E-state index in [1.54, 1.807) is 12.4 Å². The summed E-state index contributed by atoms with van der Waals surface area (Å²) < 4.78 is 52.4. The van der Waals surface area contributed by atoms with Crippen LogP contribution in [0.4, 0.5) is 13.2 Å². The van der Waals surface area contributed by atoms with E-state index in [-0.39, 0.29) is 10.9 Å². The van der Waals surface area contributed by atoms with Crippen LogP contribution in [0.2, 0.25) is 0 Å². The standard InChI is InChI=1S/C27H27F3N6O2/c1-33-8-6-18(7-9-33)19-10-22(27(28,29)30)23-14-35(25(37)36(23)13-19)21-5-3-4-20(11-21)26(15-38-16-26)12-24-32-31-17-34(24)2/h3-6,10-11,13-14,17H,7-9,12,15-16H2,1-2H3/q+1. The normalized spacial score (nSPS) is 20.0. The van der Waals surface area contributed by atoms with Gasteiger partial charge in [0, 0.05) is 37.3 Å². The SMILES string of the molecule is CN1CC=C(c2cc(C(F)(F)F)c3cn(-c4cccc(C5(C[C]6N=NC=[N+]6C)COC5)c4)c(=O)n3c2)CC1. The Morgan fingerprint density at radius 3 is 2.63 bits per heavy atom. The van der Waals surface area contributed by atoms with Gasteiger partial charge in [-0.05, 0) is 53.5 Å². The highest BCUT2D eigenvalue weighted by Gasteiger charge is 2.46. The lowest BCUT2D eigenvalue weighted by Gasteiger charge is -2.42. The summed E-state index contributed by atoms with van der Waals surface area (Å²) >= 11 is 0. The third-order valence-corrected chi connectivity index (χ3v) is 7.65. The van der Waals surface area contributed by atoms with Gasteiger partial charge in [-0.2, -0.15) is 13.2 Å². The number of alkyl halides is 3. The van der Waals surface area contributed by atoms with Crippen molar-refractivity contribution < 1.29 is 22.5 Å². The van der Waals surface area contributed by atoms with Crippen molar-refractivity contribution in [1.29, 1.82) is 0 Å². The molecule has 1 radical (unpaired) electrons. The number of azo groups is 1. The highest BCUT2D eigenvalue weighted by molar-refractivity contribution is 5.70. The molecule has 0 unspecified atom stereocenters. The molecule has 8 nitrogen and oxygen atoms in total. The van der Waals surface area contributed by atoms with Gasteiger partial charge in [0.25, 0.3) is 0 Å². The zero-order valence-electron chi connectivity index (χ0n) is 21.1. The fourth-order valence-electron chi connectivity index (χ4n) is 5.28. The van der Waals surface area contributed by atoms with E-state index in [9.17, 15) is 18.0 Å². The molecular formula is C27H27F3N6O2+. The molecule has 6 rings (SSSR count). The molecule has 0 N–H and O–H groups in total. The number of benzene rings is 1. The highest BCUT2D eigenvalue weighted by Crippen LogP contribution is 2.41. The van der Waals surface area contributed by atoms with Gasteiger partial charge in [-0.1, -0.05) is 18.2 Å². The van der Waals surface area contributed by atoms with Crippen LogP contribution in [-0.4, -0.2) is 65.2 Å². The van der Waals surface area contributed by atoms with E-state index in [0.29, 0.717) is 43.9 Å². The number of ether oxygens (including phenoxy) is 1. The number of likely N-dealkylation sites (N-methyl/N-ethyl adjacent to an activating group) is 1. The second-order valence-corrected chi connectivity index (χ2v) is 10.3. The van der Waals surface area contributed by atoms with Crippen molar-refractivity contribution in [3.63, 3.8) is 0 Å². The number of imidazole rings is 1. The van der Waals surface area contributed by atoms with E-state index in [2.05, 4.69) is 15.1 Å². The van der Waals surface area contributed by atoms with Crippen LogP contribution in [0, 0.1) is 6.17 Å². The molecule has 0 saturated carbocycles. The van der Waals surface area contributed by atoms with Crippen LogP contribution in [0.1, 0.15) is 29.5 Å². The summed E-state index contributed by atoms with van der Waals surface area (Å²) in [7, 11) is 3.84. The molecule has 0 amide bonds. The van der Waals surface area contributed by atoms with Crippen molar-refractivity contribution in [2.75, 3.05) is 40.4 Å². The Morgan fingerprint density at radius 2 is 2.00 bits per heavy atom. The van der Waals surface area contributed by atoms with Crippen LogP contribution in [-0.2, 0) is 16.3 Å². The van der Waals surface area contributed by atoms with Gasteiger partial charge >= 0.3 is 24.4 Å². The maximum absolute atomic E-state index is 14.2. The average molecular weight is 525 g/mol. The zero-order chi connectivity index (χ0) is 26.7. The molecule has 0 atom stereocenters. The Hall–Kier alpha value is -3.57. The first-order valence-electron chi connectivity index (χ1n) is 12.4. The van der Waals surface area contributed by atoms with Crippen LogP contribution < -0.4 is 5.69 Å². The molecular weight excluding hydrogens is 497 g/mol. The summed E-state index contributed by atoms with van der Waals surface area (Å²) in [4.78, 5) is 15.6. The highest BCUT2D eigenvalue weighted by atomic mass is 19.4. The second kappa shape index (κ2) is 9.02. The molecule has 38 heavy (non-hydrogen) atoms. The van der Waals surface area contributed by atoms with Gasteiger partial charge < -0.3 is 9.64 Å². The lowest BCUT2D eigenvalue weighted by Crippen LogP contribution is -2.48. The topological polar surface area (TPSA) is 66.6 Å². The zero-order valence-corrected chi connectivity index (χ0v) is 21.1. The Balaban J connectivity index is 1.44. The average Bonchev–Trinajstić information content (AvgIpc) is 3.43. The summed E-state index contributed by atoms with van der Waals surface area (Å²) in [6, 6.07) is 8.51. The lowest BCUT2D eigenvalue weighted by atomic mass is 9.75. The molecule has 3 aliphatic heterocycles. The maximum Gasteiger partial charge on any atom is 0.418 e. The van der Waals surface area contributed by atoms with Gasteiger partial charge in [-0.3, -0.25) is 8.97 Å². The summed E-state index contributed by atoms with van der Waals surface area (Å²) in [5.41, 5.74) is 0.746. The van der Waals surface area contributed by atoms with Crippen molar-refractivity contribution >= 4 is 17.4 Å². The molecule has 0 aliphatic carbocycles. The van der Waals surface area contributed by atoms with Crippen molar-refractivity contribution in [2.45, 2.75) is 24.4 Å². The molecule has 1 fully saturated rings. The van der Waals surface area contributed by atoms with Gasteiger partial charge in [0.05, 0.1) is 42.1 Å². The molecule has 5 heterocycles. The quantitative estimate of drug-likeness (QED) is 0.472. The van der Waals surface area contributed by atoms with E-state index in [0.717, 1.165) is 34.3 Å². The first kappa shape index (κ1) is 24.7. The number of nitrogens with zero attached hydrogens (tertiary/aromatic N) is 6. The van der Waals surface area contributed by atoms with Gasteiger partial charge in [0.15, 0.2) is 0 Å². The predicted molar refractivity (Wildman–Crippen MR) is 136 cm³/mol. The minimum atomic E-state index is -4.61. The van der Waals surface area contributed by atoms with Crippen molar-refractivity contribution in [3.8, 4) is 5.69 Å². The fraction of sp³-hybridized carbons (Fsp3) is 0.370. The minimum Gasteiger partial charge on any atom is -0.379 e. The van der Waals surface area contributed by atoms with Gasteiger partial charge in [0.2, 0.25) is 0 Å². The van der Waals surface area contributed by atoms with Crippen LogP contribution in [0.3, 0.4) is 0 Å². The first-order chi connectivity index (χ1) is 18.1. The lowest BCUT2D eigenvalue weighted by molar-refractivity contribution is -0.478. The largest absolute Gasteiger partial charge is 0.418 e. The molecule has 0 bridgehead atoms. The van der Waals surface area contributed by atoms with Crippen LogP contribution in [0.25, 0.3) is 16.8 Å². The smallest absolute Gasteiger partial charge is 0.379 e. The van der Waals surface area contributed by atoms with E-state index >= 15 is 0 Å². The van der Waals surface area contributed by atoms with E-state index < -0.39 is 17.4 Å². The second-order valence-electron chi connectivity index (χ2n) is 10.3. The summed E-state index contributed by atoms with van der Waals surface area (Å²) in [5.74, 6) is 0. The molecule has 0 spiro atoms. The molecule has 3 aliphatic rings. The summed E-state index contributed by atoms with van der Waals surface area (Å²) in [5, 5.41) is 8.16. The first-order valence-corrected chi connectivity index (χ1v) is 12.4. The third-order valence-electron chi connectivity index (χ3n) is 7.65. The van der Waals surface area contributed by atoms with Gasteiger partial charge in [0.1, 0.15) is 0 Å². The van der Waals surface area contributed by atoms with Crippen LogP contribution >= 0.6 is 0 Å². The Kier molecular flexibility index (Phi) is 5.88. The Labute approximate surface area is 217 Å². The minimum absolute atomic E-state index is 0.175. The number of fused-ring (bicyclic) bond motifs is 1. The number of hydrogen-bond acceptors (Lipinski definition) is 5. The Morgan fingerprint density at radius 1 is 1.18 bits per heavy atom. The number of rotatable bonds is 5. The van der Waals surface area contributed by atoms with E-state index in [1.165, 1.54) is 17.0 Å². The monoisotopic (exact) mass is 524 g/mol. The van der Waals surface area contributed by atoms with Crippen molar-refractivity contribution in [3.05, 3.63) is 82.1 Å². The number of hydrogen-bond donors (Lipinski definition) is 0. The number of halogens is 3. The van der Waals surface area contributed by atoms with Crippen LogP contribution in [0.15, 0.2) is 63.8 Å². The van der Waals surface area contributed by atoms with Crippen molar-refractivity contribution in [1.82, 2.24) is 13.9 Å². The molecule has 2 aromatic heterocycles. The van der Waals surface area contributed by atoms with E-state index in [4.69, 9.17) is 4.74 Å². The number of pyridine rings is 1. The molecule has 1 saturated heterocycles. The predicted octanol–water partition coefficient (Wildman–Crippen LogP) is 4.11. The van der Waals surface area contributed by atoms with Crippen LogP contribution in [0.5, 0.6) is 0 Å². The molecule has 3 aromatic rings. The molecule has 1 aromatic carbocycles. The third kappa shape index (κ3) is 4.19. The van der Waals surface area contributed by atoms with E-state index in [1.807, 2.05) is 42.9 Å². The van der Waals surface area contributed by atoms with Crippen molar-refractivity contribution in [2.24, 2.45) is 10.2 Å². The Bertz CT molecular complexity index is 1560. The molecule has 197 valence electrons. The fourth-order valence-corrected chi connectivity index (χ4v) is 5.28. The molecule has 11 heteroatoms. The number of aromatic nitrogens is 2. The summed E-state index contributed by atoms with van der Waals surface area (Å²) in [6.07, 6.45) is 3.77. The van der Waals surface area contributed by atoms with Gasteiger partial charge in [-0.25, -0.2) is 9.37 Å².